The van der Waals surface area contributed by atoms with Crippen molar-refractivity contribution in [2.24, 2.45) is 0 Å². The van der Waals surface area contributed by atoms with Crippen LogP contribution in [0.5, 0.6) is 0 Å². The molecule has 2 N–H and O–H groups in total. The fourth-order valence-corrected chi connectivity index (χ4v) is 1.98. The van der Waals surface area contributed by atoms with Crippen molar-refractivity contribution in [2.75, 3.05) is 11.9 Å². The first-order valence-electron chi connectivity index (χ1n) is 5.82. The third-order valence-electron chi connectivity index (χ3n) is 2.69. The second-order valence-electron chi connectivity index (χ2n) is 4.03. The predicted octanol–water partition coefficient (Wildman–Crippen LogP) is 3.20. The van der Waals surface area contributed by atoms with Crippen molar-refractivity contribution in [2.45, 2.75) is 6.42 Å². The number of anilines is 1. The number of hydrogen-bond donors (Lipinski definition) is 2. The van der Waals surface area contributed by atoms with Crippen LogP contribution < -0.4 is 5.32 Å². The van der Waals surface area contributed by atoms with E-state index in [1.807, 2.05) is 24.3 Å². The van der Waals surface area contributed by atoms with E-state index in [1.54, 1.807) is 0 Å². The highest BCUT2D eigenvalue weighted by molar-refractivity contribution is 9.10. The Balaban J connectivity index is 1.96. The average molecular weight is 321 g/mol. The molecule has 0 saturated carbocycles. The van der Waals surface area contributed by atoms with E-state index in [2.05, 4.69) is 26.2 Å². The number of benzene rings is 1. The molecule has 0 amide bonds. The molecule has 98 valence electrons. The normalized spacial score (nSPS) is 10.2. The van der Waals surface area contributed by atoms with Crippen LogP contribution in [0.2, 0.25) is 0 Å². The molecule has 0 bridgehead atoms. The van der Waals surface area contributed by atoms with E-state index in [0.717, 1.165) is 10.9 Å². The second-order valence-corrected chi connectivity index (χ2v) is 4.95. The Bertz CT molecular complexity index is 570. The van der Waals surface area contributed by atoms with Crippen LogP contribution in [0.3, 0.4) is 0 Å². The number of carbonyl (C=O) groups is 1. The minimum atomic E-state index is -0.950. The lowest BCUT2D eigenvalue weighted by atomic mass is 10.1. The van der Waals surface area contributed by atoms with Gasteiger partial charge in [-0.3, -0.25) is 4.98 Å². The highest BCUT2D eigenvalue weighted by Gasteiger charge is 2.08. The van der Waals surface area contributed by atoms with Gasteiger partial charge in [0.25, 0.3) is 0 Å². The van der Waals surface area contributed by atoms with Gasteiger partial charge >= 0.3 is 5.97 Å². The zero-order chi connectivity index (χ0) is 13.7. The Morgan fingerprint density at radius 2 is 2.00 bits per heavy atom. The van der Waals surface area contributed by atoms with E-state index in [-0.39, 0.29) is 5.56 Å². The number of carboxylic acids is 1. The molecule has 0 spiro atoms. The van der Waals surface area contributed by atoms with Crippen LogP contribution in [-0.4, -0.2) is 22.6 Å². The summed E-state index contributed by atoms with van der Waals surface area (Å²) in [4.78, 5) is 15.0. The molecule has 0 fully saturated rings. The summed E-state index contributed by atoms with van der Waals surface area (Å²) in [6, 6.07) is 9.54. The summed E-state index contributed by atoms with van der Waals surface area (Å²) in [7, 11) is 0. The maximum Gasteiger partial charge on any atom is 0.337 e. The molecule has 1 aromatic carbocycles. The Morgan fingerprint density at radius 3 is 2.68 bits per heavy atom. The molecule has 1 aromatic heterocycles. The number of hydrogen-bond acceptors (Lipinski definition) is 3. The molecule has 0 unspecified atom stereocenters. The summed E-state index contributed by atoms with van der Waals surface area (Å²) in [6.07, 6.45) is 3.83. The molecule has 1 heterocycles. The third kappa shape index (κ3) is 3.79. The van der Waals surface area contributed by atoms with Crippen LogP contribution in [-0.2, 0) is 6.42 Å². The molecule has 2 aromatic rings. The lowest BCUT2D eigenvalue weighted by Gasteiger charge is -2.08. The first-order chi connectivity index (χ1) is 9.16. The molecule has 0 aliphatic carbocycles. The predicted molar refractivity (Wildman–Crippen MR) is 77.5 cm³/mol. The number of rotatable bonds is 5. The van der Waals surface area contributed by atoms with Crippen molar-refractivity contribution in [3.63, 3.8) is 0 Å². The highest BCUT2D eigenvalue weighted by atomic mass is 79.9. The van der Waals surface area contributed by atoms with Gasteiger partial charge in [0.05, 0.1) is 17.4 Å². The first kappa shape index (κ1) is 13.5. The molecule has 5 heteroatoms. The van der Waals surface area contributed by atoms with Crippen LogP contribution in [0.4, 0.5) is 5.69 Å². The van der Waals surface area contributed by atoms with E-state index in [4.69, 9.17) is 5.11 Å². The lowest BCUT2D eigenvalue weighted by molar-refractivity contribution is 0.0698. The number of halogens is 1. The summed E-state index contributed by atoms with van der Waals surface area (Å²) in [6.45, 7) is 0.660. The quantitative estimate of drug-likeness (QED) is 0.888. The minimum Gasteiger partial charge on any atom is -0.478 e. The monoisotopic (exact) mass is 320 g/mol. The number of pyridine rings is 1. The van der Waals surface area contributed by atoms with Gasteiger partial charge in [0, 0.05) is 17.2 Å². The molecule has 4 nitrogen and oxygen atoms in total. The highest BCUT2D eigenvalue weighted by Crippen LogP contribution is 2.14. The van der Waals surface area contributed by atoms with E-state index in [0.29, 0.717) is 12.2 Å². The van der Waals surface area contributed by atoms with Crippen molar-refractivity contribution >= 4 is 27.6 Å². The van der Waals surface area contributed by atoms with E-state index >= 15 is 0 Å². The van der Waals surface area contributed by atoms with Gasteiger partial charge in [0.2, 0.25) is 0 Å². The maximum atomic E-state index is 11.0. The van der Waals surface area contributed by atoms with Crippen molar-refractivity contribution in [3.05, 3.63) is 58.3 Å². The molecular weight excluding hydrogens is 308 g/mol. The molecule has 19 heavy (non-hydrogen) atoms. The van der Waals surface area contributed by atoms with Crippen molar-refractivity contribution < 1.29 is 9.90 Å². The van der Waals surface area contributed by atoms with Crippen LogP contribution in [0.25, 0.3) is 0 Å². The number of carboxylic acid groups (broad SMARTS) is 1. The Kier molecular flexibility index (Phi) is 4.52. The summed E-state index contributed by atoms with van der Waals surface area (Å²) in [5, 5.41) is 12.1. The van der Waals surface area contributed by atoms with Crippen LogP contribution in [0, 0.1) is 0 Å². The molecule has 0 aliphatic rings. The van der Waals surface area contributed by atoms with Crippen molar-refractivity contribution in [3.8, 4) is 0 Å². The summed E-state index contributed by atoms with van der Waals surface area (Å²) in [5.41, 5.74) is 1.98. The maximum absolute atomic E-state index is 11.0. The summed E-state index contributed by atoms with van der Waals surface area (Å²) in [5.74, 6) is -0.950. The van der Waals surface area contributed by atoms with Crippen LogP contribution >= 0.6 is 15.9 Å². The molecule has 2 rings (SSSR count). The Hall–Kier alpha value is -1.88. The van der Waals surface area contributed by atoms with Crippen molar-refractivity contribution in [1.82, 2.24) is 4.98 Å². The minimum absolute atomic E-state index is 0.241. The molecule has 0 aliphatic heterocycles. The average Bonchev–Trinajstić information content (AvgIpc) is 2.41. The SMILES string of the molecule is O=C(O)c1ccncc1NCCc1ccc(Br)cc1. The number of nitrogens with one attached hydrogen (secondary N) is 1. The molecule has 0 saturated heterocycles. The van der Waals surface area contributed by atoms with E-state index in [9.17, 15) is 4.79 Å². The second kappa shape index (κ2) is 6.33. The van der Waals surface area contributed by atoms with Crippen molar-refractivity contribution in [1.29, 1.82) is 0 Å². The lowest BCUT2D eigenvalue weighted by Crippen LogP contribution is -2.09. The fraction of sp³-hybridized carbons (Fsp3) is 0.143. The summed E-state index contributed by atoms with van der Waals surface area (Å²) < 4.78 is 1.05. The van der Waals surface area contributed by atoms with Gasteiger partial charge in [-0.15, -0.1) is 0 Å². The van der Waals surface area contributed by atoms with Gasteiger partial charge in [0.1, 0.15) is 0 Å². The fourth-order valence-electron chi connectivity index (χ4n) is 1.71. The van der Waals surface area contributed by atoms with E-state index in [1.165, 1.54) is 24.0 Å². The Morgan fingerprint density at radius 1 is 1.26 bits per heavy atom. The first-order valence-corrected chi connectivity index (χ1v) is 6.62. The molecular formula is C14H13BrN2O2. The third-order valence-corrected chi connectivity index (χ3v) is 3.22. The standard InChI is InChI=1S/C14H13BrN2O2/c15-11-3-1-10(2-4-11)5-8-17-13-9-16-7-6-12(13)14(18)19/h1-4,6-7,9,17H,5,8H2,(H,18,19). The smallest absolute Gasteiger partial charge is 0.337 e. The number of aromatic carboxylic acids is 1. The van der Waals surface area contributed by atoms with Gasteiger partial charge in [-0.05, 0) is 30.2 Å². The largest absolute Gasteiger partial charge is 0.478 e. The zero-order valence-electron chi connectivity index (χ0n) is 10.1. The molecule has 0 atom stereocenters. The Labute approximate surface area is 119 Å². The van der Waals surface area contributed by atoms with Gasteiger partial charge in [-0.1, -0.05) is 28.1 Å². The van der Waals surface area contributed by atoms with Gasteiger partial charge < -0.3 is 10.4 Å². The van der Waals surface area contributed by atoms with Gasteiger partial charge in [0.15, 0.2) is 0 Å². The summed E-state index contributed by atoms with van der Waals surface area (Å²) >= 11 is 3.39. The number of nitrogens with zero attached hydrogens (tertiary/aromatic N) is 1. The van der Waals surface area contributed by atoms with Crippen LogP contribution in [0.15, 0.2) is 47.2 Å². The van der Waals surface area contributed by atoms with Crippen LogP contribution in [0.1, 0.15) is 15.9 Å². The zero-order valence-corrected chi connectivity index (χ0v) is 11.7. The van der Waals surface area contributed by atoms with Gasteiger partial charge in [-0.25, -0.2) is 4.79 Å². The van der Waals surface area contributed by atoms with E-state index < -0.39 is 5.97 Å². The molecule has 0 radical (unpaired) electrons. The number of aromatic nitrogens is 1. The van der Waals surface area contributed by atoms with Gasteiger partial charge in [-0.2, -0.15) is 0 Å². The topological polar surface area (TPSA) is 62.2 Å².